The minimum Gasteiger partial charge on any atom is -0.378 e. The molecule has 0 bridgehead atoms. The van der Waals surface area contributed by atoms with Gasteiger partial charge in [-0.3, -0.25) is 4.90 Å². The van der Waals surface area contributed by atoms with Crippen molar-refractivity contribution in [2.75, 3.05) is 26.2 Å². The van der Waals surface area contributed by atoms with Gasteiger partial charge in [-0.2, -0.15) is 0 Å². The highest BCUT2D eigenvalue weighted by atomic mass is 19.2. The predicted molar refractivity (Wildman–Crippen MR) is 59.0 cm³/mol. The van der Waals surface area contributed by atoms with E-state index in [1.807, 2.05) is 18.7 Å². The molecular weight excluding hydrogens is 212 g/mol. The second-order valence-electron chi connectivity index (χ2n) is 5.59. The van der Waals surface area contributed by atoms with Crippen LogP contribution in [-0.2, 0) is 4.74 Å². The second-order valence-corrected chi connectivity index (χ2v) is 5.59. The van der Waals surface area contributed by atoms with Crippen molar-refractivity contribution in [1.29, 1.82) is 0 Å². The molecule has 16 heavy (non-hydrogen) atoms. The molecule has 0 amide bonds. The van der Waals surface area contributed by atoms with Gasteiger partial charge in [0.15, 0.2) is 0 Å². The molecule has 2 rings (SSSR count). The molecule has 0 spiro atoms. The van der Waals surface area contributed by atoms with Crippen LogP contribution < -0.4 is 0 Å². The van der Waals surface area contributed by atoms with E-state index in [-0.39, 0.29) is 24.6 Å². The molecule has 2 atom stereocenters. The fourth-order valence-corrected chi connectivity index (χ4v) is 2.27. The van der Waals surface area contributed by atoms with Crippen molar-refractivity contribution >= 4 is 0 Å². The number of hydrogen-bond donors (Lipinski definition) is 0. The van der Waals surface area contributed by atoms with Crippen molar-refractivity contribution in [1.82, 2.24) is 4.90 Å². The van der Waals surface area contributed by atoms with Crippen LogP contribution in [0.5, 0.6) is 0 Å². The smallest absolute Gasteiger partial charge is 0.145 e. The molecule has 0 aromatic heterocycles. The first-order chi connectivity index (χ1) is 7.51. The van der Waals surface area contributed by atoms with Crippen molar-refractivity contribution in [3.05, 3.63) is 0 Å². The van der Waals surface area contributed by atoms with Crippen LogP contribution in [-0.4, -0.2) is 49.6 Å². The number of halogens is 2. The van der Waals surface area contributed by atoms with E-state index in [0.717, 1.165) is 26.0 Å². The maximum atomic E-state index is 13.0. The zero-order valence-corrected chi connectivity index (χ0v) is 10.1. The monoisotopic (exact) mass is 233 g/mol. The summed E-state index contributed by atoms with van der Waals surface area (Å²) < 4.78 is 31.7. The summed E-state index contributed by atoms with van der Waals surface area (Å²) in [6.45, 7) is 6.06. The zero-order valence-electron chi connectivity index (χ0n) is 10.1. The lowest BCUT2D eigenvalue weighted by atomic mass is 10.1. The van der Waals surface area contributed by atoms with Crippen molar-refractivity contribution < 1.29 is 13.5 Å². The first-order valence-electron chi connectivity index (χ1n) is 6.13. The Labute approximate surface area is 95.9 Å². The van der Waals surface area contributed by atoms with Crippen LogP contribution in [0.1, 0.15) is 26.7 Å². The number of hydrogen-bond acceptors (Lipinski definition) is 2. The Kier molecular flexibility index (Phi) is 3.50. The van der Waals surface area contributed by atoms with E-state index < -0.39 is 12.3 Å². The molecule has 2 aliphatic rings. The first kappa shape index (κ1) is 12.2. The van der Waals surface area contributed by atoms with E-state index in [4.69, 9.17) is 4.74 Å². The Morgan fingerprint density at radius 3 is 2.25 bits per heavy atom. The molecular formula is C12H21F2NO. The Bertz CT molecular complexity index is 233. The molecule has 2 fully saturated rings. The standard InChI is InChI=1S/C12H21F2NO/c1-9(2)16-8-12(3-4-12)7-15-5-10(13)11(14)6-15/h9-11H,3-8H2,1-2H3/t10-,11-/m0/s1. The highest BCUT2D eigenvalue weighted by molar-refractivity contribution is 4.98. The van der Waals surface area contributed by atoms with Gasteiger partial charge in [0, 0.05) is 25.0 Å². The van der Waals surface area contributed by atoms with Crippen molar-refractivity contribution in [3.8, 4) is 0 Å². The fraction of sp³-hybridized carbons (Fsp3) is 1.00. The largest absolute Gasteiger partial charge is 0.378 e. The minimum atomic E-state index is -1.29. The van der Waals surface area contributed by atoms with Crippen LogP contribution in [0.4, 0.5) is 8.78 Å². The minimum absolute atomic E-state index is 0.189. The predicted octanol–water partition coefficient (Wildman–Crippen LogP) is 2.18. The number of likely N-dealkylation sites (tertiary alicyclic amines) is 1. The van der Waals surface area contributed by atoms with E-state index in [1.54, 1.807) is 0 Å². The van der Waals surface area contributed by atoms with E-state index in [1.165, 1.54) is 0 Å². The van der Waals surface area contributed by atoms with Gasteiger partial charge in [-0.05, 0) is 26.7 Å². The van der Waals surface area contributed by atoms with Gasteiger partial charge in [-0.25, -0.2) is 8.78 Å². The molecule has 0 unspecified atom stereocenters. The number of alkyl halides is 2. The number of rotatable bonds is 5. The van der Waals surface area contributed by atoms with Crippen molar-refractivity contribution in [2.45, 2.75) is 45.1 Å². The normalized spacial score (nSPS) is 33.6. The SMILES string of the molecule is CC(C)OCC1(CN2C[C@H](F)[C@@H](F)C2)CC1. The van der Waals surface area contributed by atoms with Gasteiger partial charge in [-0.15, -0.1) is 0 Å². The van der Waals surface area contributed by atoms with Crippen LogP contribution >= 0.6 is 0 Å². The zero-order chi connectivity index (χ0) is 11.8. The third-order valence-electron chi connectivity index (χ3n) is 3.50. The Morgan fingerprint density at radius 2 is 1.81 bits per heavy atom. The van der Waals surface area contributed by atoms with Crippen LogP contribution in [0.15, 0.2) is 0 Å². The lowest BCUT2D eigenvalue weighted by Crippen LogP contribution is -2.32. The van der Waals surface area contributed by atoms with Crippen LogP contribution in [0, 0.1) is 5.41 Å². The van der Waals surface area contributed by atoms with Crippen LogP contribution in [0.3, 0.4) is 0 Å². The Balaban J connectivity index is 1.77. The molecule has 1 heterocycles. The quantitative estimate of drug-likeness (QED) is 0.721. The highest BCUT2D eigenvalue weighted by Crippen LogP contribution is 2.47. The van der Waals surface area contributed by atoms with Crippen molar-refractivity contribution in [3.63, 3.8) is 0 Å². The number of nitrogens with zero attached hydrogens (tertiary/aromatic N) is 1. The summed E-state index contributed by atoms with van der Waals surface area (Å²) in [4.78, 5) is 1.91. The van der Waals surface area contributed by atoms with Gasteiger partial charge >= 0.3 is 0 Å². The van der Waals surface area contributed by atoms with E-state index in [9.17, 15) is 8.78 Å². The molecule has 1 saturated heterocycles. The fourth-order valence-electron chi connectivity index (χ4n) is 2.27. The molecule has 1 saturated carbocycles. The van der Waals surface area contributed by atoms with Gasteiger partial charge in [0.05, 0.1) is 12.7 Å². The molecule has 2 nitrogen and oxygen atoms in total. The van der Waals surface area contributed by atoms with Gasteiger partial charge in [0.25, 0.3) is 0 Å². The first-order valence-corrected chi connectivity index (χ1v) is 6.13. The van der Waals surface area contributed by atoms with E-state index in [2.05, 4.69) is 0 Å². The third kappa shape index (κ3) is 2.92. The van der Waals surface area contributed by atoms with Gasteiger partial charge in [0.2, 0.25) is 0 Å². The Hall–Kier alpha value is -0.220. The second kappa shape index (κ2) is 4.57. The topological polar surface area (TPSA) is 12.5 Å². The number of ether oxygens (including phenoxy) is 1. The van der Waals surface area contributed by atoms with E-state index >= 15 is 0 Å². The van der Waals surface area contributed by atoms with Crippen molar-refractivity contribution in [2.24, 2.45) is 5.41 Å². The molecule has 0 N–H and O–H groups in total. The van der Waals surface area contributed by atoms with Gasteiger partial charge < -0.3 is 4.74 Å². The van der Waals surface area contributed by atoms with Crippen LogP contribution in [0.25, 0.3) is 0 Å². The summed E-state index contributed by atoms with van der Waals surface area (Å²) in [6.07, 6.45) is -0.0867. The Morgan fingerprint density at radius 1 is 1.25 bits per heavy atom. The average Bonchev–Trinajstić information content (AvgIpc) is 2.88. The molecule has 1 aliphatic carbocycles. The molecule has 0 aromatic rings. The average molecular weight is 233 g/mol. The summed E-state index contributed by atoms with van der Waals surface area (Å²) in [5.41, 5.74) is 0.189. The summed E-state index contributed by atoms with van der Waals surface area (Å²) in [7, 11) is 0. The summed E-state index contributed by atoms with van der Waals surface area (Å²) in [6, 6.07) is 0. The highest BCUT2D eigenvalue weighted by Gasteiger charge is 2.46. The maximum Gasteiger partial charge on any atom is 0.145 e. The van der Waals surface area contributed by atoms with Gasteiger partial charge in [0.1, 0.15) is 12.3 Å². The molecule has 0 radical (unpaired) electrons. The van der Waals surface area contributed by atoms with Crippen LogP contribution in [0.2, 0.25) is 0 Å². The third-order valence-corrected chi connectivity index (χ3v) is 3.50. The lowest BCUT2D eigenvalue weighted by molar-refractivity contribution is 0.0326. The molecule has 94 valence electrons. The van der Waals surface area contributed by atoms with E-state index in [0.29, 0.717) is 0 Å². The lowest BCUT2D eigenvalue weighted by Gasteiger charge is -2.23. The summed E-state index contributed by atoms with van der Waals surface area (Å²) in [5.74, 6) is 0. The van der Waals surface area contributed by atoms with Gasteiger partial charge in [-0.1, -0.05) is 0 Å². The molecule has 4 heteroatoms. The summed E-state index contributed by atoms with van der Waals surface area (Å²) >= 11 is 0. The maximum absolute atomic E-state index is 13.0. The molecule has 1 aliphatic heterocycles. The molecule has 0 aromatic carbocycles. The summed E-state index contributed by atoms with van der Waals surface area (Å²) in [5, 5.41) is 0.